The molecule has 2 aromatic rings. The second-order valence-electron chi connectivity index (χ2n) is 2.38. The molecular weight excluding hydrogens is 170 g/mol. The van der Waals surface area contributed by atoms with Crippen molar-refractivity contribution < 1.29 is 4.79 Å². The van der Waals surface area contributed by atoms with E-state index in [9.17, 15) is 4.79 Å². The molecule has 1 amide bonds. The van der Waals surface area contributed by atoms with Crippen molar-refractivity contribution >= 4 is 11.7 Å². The lowest BCUT2D eigenvalue weighted by Gasteiger charge is -2.00. The second kappa shape index (κ2) is 2.81. The van der Waals surface area contributed by atoms with E-state index in [1.165, 1.54) is 17.0 Å². The van der Waals surface area contributed by atoms with Crippen LogP contribution in [0.4, 0.5) is 0 Å². The van der Waals surface area contributed by atoms with Gasteiger partial charge in [0, 0.05) is 13.2 Å². The molecular formula is C7H7N5O. The largest absolute Gasteiger partial charge is 0.354 e. The molecule has 0 saturated heterocycles. The van der Waals surface area contributed by atoms with E-state index in [0.29, 0.717) is 11.5 Å². The van der Waals surface area contributed by atoms with Crippen molar-refractivity contribution in [2.24, 2.45) is 0 Å². The fraction of sp³-hybridized carbons (Fsp3) is 0.143. The zero-order chi connectivity index (χ0) is 9.26. The summed E-state index contributed by atoms with van der Waals surface area (Å²) in [7, 11) is 1.56. The first-order valence-electron chi connectivity index (χ1n) is 3.70. The Hall–Kier alpha value is -1.98. The normalized spacial score (nSPS) is 10.2. The van der Waals surface area contributed by atoms with E-state index < -0.39 is 0 Å². The number of hydrogen-bond acceptors (Lipinski definition) is 4. The van der Waals surface area contributed by atoms with Crippen molar-refractivity contribution in [2.75, 3.05) is 7.05 Å². The minimum absolute atomic E-state index is 0.210. The summed E-state index contributed by atoms with van der Waals surface area (Å²) in [4.78, 5) is 19.1. The van der Waals surface area contributed by atoms with Crippen LogP contribution in [0.3, 0.4) is 0 Å². The number of nitrogens with zero attached hydrogens (tertiary/aromatic N) is 4. The lowest BCUT2D eigenvalue weighted by atomic mass is 10.4. The highest BCUT2D eigenvalue weighted by atomic mass is 16.1. The van der Waals surface area contributed by atoms with E-state index in [1.807, 2.05) is 0 Å². The van der Waals surface area contributed by atoms with Gasteiger partial charge in [-0.15, -0.1) is 0 Å². The SMILES string of the molecule is CNC(=O)c1ccnc2ncnn12. The average Bonchev–Trinajstić information content (AvgIpc) is 2.63. The van der Waals surface area contributed by atoms with Gasteiger partial charge in [0.25, 0.3) is 11.7 Å². The third kappa shape index (κ3) is 1.12. The first-order valence-corrected chi connectivity index (χ1v) is 3.70. The zero-order valence-electron chi connectivity index (χ0n) is 6.93. The number of rotatable bonds is 1. The Morgan fingerprint density at radius 2 is 2.38 bits per heavy atom. The number of nitrogens with one attached hydrogen (secondary N) is 1. The Labute approximate surface area is 73.6 Å². The van der Waals surface area contributed by atoms with Crippen LogP contribution in [0.5, 0.6) is 0 Å². The molecule has 0 aromatic carbocycles. The van der Waals surface area contributed by atoms with E-state index in [0.717, 1.165) is 0 Å². The van der Waals surface area contributed by atoms with Gasteiger partial charge < -0.3 is 5.32 Å². The van der Waals surface area contributed by atoms with Gasteiger partial charge in [-0.2, -0.15) is 14.6 Å². The number of fused-ring (bicyclic) bond motifs is 1. The van der Waals surface area contributed by atoms with Crippen LogP contribution >= 0.6 is 0 Å². The molecule has 0 aliphatic heterocycles. The van der Waals surface area contributed by atoms with Gasteiger partial charge in [0.1, 0.15) is 12.0 Å². The van der Waals surface area contributed by atoms with Crippen molar-refractivity contribution in [1.82, 2.24) is 24.9 Å². The molecule has 0 saturated carbocycles. The van der Waals surface area contributed by atoms with Gasteiger partial charge in [-0.3, -0.25) is 4.79 Å². The molecule has 0 atom stereocenters. The second-order valence-corrected chi connectivity index (χ2v) is 2.38. The number of carbonyl (C=O) groups excluding carboxylic acids is 1. The van der Waals surface area contributed by atoms with Gasteiger partial charge in [-0.05, 0) is 6.07 Å². The minimum Gasteiger partial charge on any atom is -0.354 e. The third-order valence-corrected chi connectivity index (χ3v) is 1.64. The number of aromatic nitrogens is 4. The molecule has 0 bridgehead atoms. The van der Waals surface area contributed by atoms with Crippen LogP contribution in [0.15, 0.2) is 18.6 Å². The molecule has 6 heteroatoms. The number of hydrogen-bond donors (Lipinski definition) is 1. The molecule has 2 heterocycles. The monoisotopic (exact) mass is 177 g/mol. The highest BCUT2D eigenvalue weighted by molar-refractivity contribution is 5.92. The van der Waals surface area contributed by atoms with E-state index >= 15 is 0 Å². The van der Waals surface area contributed by atoms with Crippen LogP contribution in [0, 0.1) is 0 Å². The van der Waals surface area contributed by atoms with E-state index in [-0.39, 0.29) is 5.91 Å². The molecule has 0 radical (unpaired) electrons. The lowest BCUT2D eigenvalue weighted by molar-refractivity contribution is 0.0955. The summed E-state index contributed by atoms with van der Waals surface area (Å²) in [6, 6.07) is 1.58. The Kier molecular flexibility index (Phi) is 1.66. The van der Waals surface area contributed by atoms with Crippen molar-refractivity contribution in [1.29, 1.82) is 0 Å². The van der Waals surface area contributed by atoms with Crippen LogP contribution in [-0.4, -0.2) is 32.5 Å². The molecule has 2 rings (SSSR count). The first kappa shape index (κ1) is 7.66. The lowest BCUT2D eigenvalue weighted by Crippen LogP contribution is -2.21. The number of carbonyl (C=O) groups is 1. The number of amides is 1. The summed E-state index contributed by atoms with van der Waals surface area (Å²) in [5, 5.41) is 6.38. The molecule has 0 aliphatic carbocycles. The maximum absolute atomic E-state index is 11.3. The van der Waals surface area contributed by atoms with Crippen LogP contribution in [0.25, 0.3) is 5.78 Å². The predicted octanol–water partition coefficient (Wildman–Crippen LogP) is -0.516. The Bertz CT molecular complexity index is 449. The molecule has 0 unspecified atom stereocenters. The molecule has 2 aromatic heterocycles. The fourth-order valence-corrected chi connectivity index (χ4v) is 1.04. The summed E-state index contributed by atoms with van der Waals surface area (Å²) in [5.74, 6) is 0.207. The summed E-state index contributed by atoms with van der Waals surface area (Å²) in [5.41, 5.74) is 0.421. The highest BCUT2D eigenvalue weighted by Crippen LogP contribution is 1.99. The summed E-state index contributed by atoms with van der Waals surface area (Å²) in [6.07, 6.45) is 2.88. The quantitative estimate of drug-likeness (QED) is 0.636. The molecule has 0 spiro atoms. The maximum Gasteiger partial charge on any atom is 0.269 e. The van der Waals surface area contributed by atoms with Crippen molar-refractivity contribution in [3.8, 4) is 0 Å². The van der Waals surface area contributed by atoms with Gasteiger partial charge in [-0.25, -0.2) is 4.98 Å². The highest BCUT2D eigenvalue weighted by Gasteiger charge is 2.08. The van der Waals surface area contributed by atoms with Crippen LogP contribution in [0.2, 0.25) is 0 Å². The Balaban J connectivity index is 2.67. The van der Waals surface area contributed by atoms with Gasteiger partial charge in [0.05, 0.1) is 0 Å². The third-order valence-electron chi connectivity index (χ3n) is 1.64. The molecule has 13 heavy (non-hydrogen) atoms. The summed E-state index contributed by atoms with van der Waals surface area (Å²) >= 11 is 0. The van der Waals surface area contributed by atoms with E-state index in [4.69, 9.17) is 0 Å². The molecule has 66 valence electrons. The predicted molar refractivity (Wildman–Crippen MR) is 44.2 cm³/mol. The first-order chi connectivity index (χ1) is 6.33. The van der Waals surface area contributed by atoms with E-state index in [2.05, 4.69) is 20.4 Å². The van der Waals surface area contributed by atoms with Gasteiger partial charge in [0.2, 0.25) is 0 Å². The molecule has 6 nitrogen and oxygen atoms in total. The Morgan fingerprint density at radius 1 is 1.54 bits per heavy atom. The van der Waals surface area contributed by atoms with Crippen molar-refractivity contribution in [3.05, 3.63) is 24.3 Å². The standard InChI is InChI=1S/C7H7N5O/c1-8-6(13)5-2-3-9-7-10-4-11-12(5)7/h2-4H,1H3,(H,8,13). The minimum atomic E-state index is -0.210. The van der Waals surface area contributed by atoms with Gasteiger partial charge in [0.15, 0.2) is 0 Å². The van der Waals surface area contributed by atoms with Crippen LogP contribution in [-0.2, 0) is 0 Å². The smallest absolute Gasteiger partial charge is 0.269 e. The Morgan fingerprint density at radius 3 is 3.15 bits per heavy atom. The summed E-state index contributed by atoms with van der Waals surface area (Å²) in [6.45, 7) is 0. The van der Waals surface area contributed by atoms with E-state index in [1.54, 1.807) is 13.1 Å². The fourth-order valence-electron chi connectivity index (χ4n) is 1.04. The van der Waals surface area contributed by atoms with Crippen LogP contribution in [0.1, 0.15) is 10.5 Å². The van der Waals surface area contributed by atoms with Crippen molar-refractivity contribution in [3.63, 3.8) is 0 Å². The zero-order valence-corrected chi connectivity index (χ0v) is 6.93. The average molecular weight is 177 g/mol. The van der Waals surface area contributed by atoms with Gasteiger partial charge >= 0.3 is 0 Å². The maximum atomic E-state index is 11.3. The topological polar surface area (TPSA) is 72.2 Å². The molecule has 0 aliphatic rings. The summed E-state index contributed by atoms with van der Waals surface area (Å²) < 4.78 is 1.39. The van der Waals surface area contributed by atoms with Crippen molar-refractivity contribution in [2.45, 2.75) is 0 Å². The van der Waals surface area contributed by atoms with Crippen LogP contribution < -0.4 is 5.32 Å². The molecule has 0 fully saturated rings. The molecule has 1 N–H and O–H groups in total. The van der Waals surface area contributed by atoms with Gasteiger partial charge in [-0.1, -0.05) is 0 Å².